The second-order valence-electron chi connectivity index (χ2n) is 4.16. The van der Waals surface area contributed by atoms with Gasteiger partial charge in [0.2, 0.25) is 0 Å². The summed E-state index contributed by atoms with van der Waals surface area (Å²) in [5, 5.41) is 10.4. The quantitative estimate of drug-likeness (QED) is 0.769. The van der Waals surface area contributed by atoms with Gasteiger partial charge in [-0.05, 0) is 29.3 Å². The van der Waals surface area contributed by atoms with Gasteiger partial charge in [0.25, 0.3) is 5.91 Å². The van der Waals surface area contributed by atoms with Gasteiger partial charge in [0, 0.05) is 5.56 Å². The van der Waals surface area contributed by atoms with E-state index in [-0.39, 0.29) is 5.56 Å². The number of nitrogens with one attached hydrogen (secondary N) is 1. The lowest BCUT2D eigenvalue weighted by molar-refractivity contribution is -0.135. The van der Waals surface area contributed by atoms with Crippen molar-refractivity contribution in [2.24, 2.45) is 0 Å². The molecule has 102 valence electrons. The van der Waals surface area contributed by atoms with Gasteiger partial charge in [-0.3, -0.25) is 9.59 Å². The molecule has 3 rings (SSSR count). The van der Waals surface area contributed by atoms with Crippen molar-refractivity contribution in [3.05, 3.63) is 59.9 Å². The molecule has 2 aliphatic rings. The van der Waals surface area contributed by atoms with E-state index in [2.05, 4.69) is 29.6 Å². The van der Waals surface area contributed by atoms with Crippen LogP contribution in [0.3, 0.4) is 0 Å². The van der Waals surface area contributed by atoms with Crippen molar-refractivity contribution < 1.29 is 19.1 Å². The van der Waals surface area contributed by atoms with Gasteiger partial charge >= 0.3 is 5.97 Å². The average Bonchev–Trinajstić information content (AvgIpc) is 2.40. The minimum absolute atomic E-state index is 0.103. The highest BCUT2D eigenvalue weighted by Crippen LogP contribution is 2.29. The maximum absolute atomic E-state index is 12.6. The summed E-state index contributed by atoms with van der Waals surface area (Å²) < 4.78 is 12.6. The number of carboxylic acid groups (broad SMARTS) is 1. The number of hydrogen-bond donors (Lipinski definition) is 2. The summed E-state index contributed by atoms with van der Waals surface area (Å²) in [6, 6.07) is 13.5. The van der Waals surface area contributed by atoms with Crippen molar-refractivity contribution in [2.45, 2.75) is 0 Å². The van der Waals surface area contributed by atoms with E-state index < -0.39 is 24.2 Å². The Morgan fingerprint density at radius 2 is 1.65 bits per heavy atom. The number of carbonyl (C=O) groups is 2. The van der Waals surface area contributed by atoms with E-state index in [0.717, 1.165) is 6.07 Å². The summed E-state index contributed by atoms with van der Waals surface area (Å²) >= 11 is 0. The number of benzene rings is 2. The van der Waals surface area contributed by atoms with Crippen LogP contribution in [0.5, 0.6) is 0 Å². The van der Waals surface area contributed by atoms with Gasteiger partial charge in [-0.15, -0.1) is 0 Å². The molecule has 2 N–H and O–H groups in total. The van der Waals surface area contributed by atoms with Gasteiger partial charge in [-0.1, -0.05) is 30.3 Å². The minimum Gasteiger partial charge on any atom is -0.480 e. The van der Waals surface area contributed by atoms with Crippen LogP contribution < -0.4 is 5.32 Å². The number of fused-ring (bicyclic) bond motifs is 1. The smallest absolute Gasteiger partial charge is 0.322 e. The topological polar surface area (TPSA) is 66.4 Å². The number of aliphatic carboxylic acids is 1. The molecule has 20 heavy (non-hydrogen) atoms. The zero-order chi connectivity index (χ0) is 14.5. The van der Waals surface area contributed by atoms with Crippen LogP contribution in [-0.2, 0) is 4.79 Å². The molecule has 0 radical (unpaired) electrons. The van der Waals surface area contributed by atoms with E-state index in [1.54, 1.807) is 0 Å². The Bertz CT molecular complexity index is 617. The van der Waals surface area contributed by atoms with Crippen LogP contribution in [0.1, 0.15) is 10.4 Å². The number of amides is 1. The van der Waals surface area contributed by atoms with Crippen LogP contribution >= 0.6 is 0 Å². The lowest BCUT2D eigenvalue weighted by Gasteiger charge is -2.10. The van der Waals surface area contributed by atoms with Crippen molar-refractivity contribution in [2.75, 3.05) is 6.54 Å². The average molecular weight is 273 g/mol. The molecule has 0 saturated heterocycles. The SMILES string of the molecule is O=C(O)CNC(=O)c1cccc(F)c1.c1cc2ccc1-2. The van der Waals surface area contributed by atoms with Gasteiger partial charge < -0.3 is 10.4 Å². The Morgan fingerprint density at radius 1 is 1.05 bits per heavy atom. The maximum Gasteiger partial charge on any atom is 0.322 e. The molecule has 0 saturated carbocycles. The van der Waals surface area contributed by atoms with E-state index in [1.807, 2.05) is 0 Å². The summed E-state index contributed by atoms with van der Waals surface area (Å²) in [6.45, 7) is -0.477. The largest absolute Gasteiger partial charge is 0.480 e. The summed E-state index contributed by atoms with van der Waals surface area (Å²) in [6.07, 6.45) is 0. The number of carbonyl (C=O) groups excluding carboxylic acids is 1. The van der Waals surface area contributed by atoms with Crippen molar-refractivity contribution in [1.82, 2.24) is 5.32 Å². The molecule has 0 fully saturated rings. The van der Waals surface area contributed by atoms with E-state index in [1.165, 1.54) is 29.3 Å². The van der Waals surface area contributed by atoms with Gasteiger partial charge in [0.15, 0.2) is 0 Å². The predicted molar refractivity (Wildman–Crippen MR) is 71.8 cm³/mol. The summed E-state index contributed by atoms with van der Waals surface area (Å²) in [7, 11) is 0. The van der Waals surface area contributed by atoms with Crippen molar-refractivity contribution in [3.63, 3.8) is 0 Å². The molecule has 0 aliphatic heterocycles. The third kappa shape index (κ3) is 3.41. The number of halogens is 1. The third-order valence-corrected chi connectivity index (χ3v) is 2.71. The van der Waals surface area contributed by atoms with Crippen LogP contribution in [-0.4, -0.2) is 23.5 Å². The molecule has 0 aromatic heterocycles. The standard InChI is InChI=1S/C9H8FNO3.C6H4/c10-7-3-1-2-6(4-7)9(14)11-5-8(12)13;1-2-6-4-3-5(1)6/h1-4H,5H2,(H,11,14)(H,12,13);1-4H. The highest BCUT2D eigenvalue weighted by molar-refractivity contribution is 5.95. The van der Waals surface area contributed by atoms with Crippen LogP contribution in [0.4, 0.5) is 4.39 Å². The lowest BCUT2D eigenvalue weighted by Crippen LogP contribution is -2.29. The molecule has 0 atom stereocenters. The Kier molecular flexibility index (Phi) is 4.10. The molecule has 1 amide bonds. The molecule has 1 aromatic carbocycles. The third-order valence-electron chi connectivity index (χ3n) is 2.71. The van der Waals surface area contributed by atoms with Gasteiger partial charge in [-0.25, -0.2) is 4.39 Å². The number of rotatable bonds is 3. The molecular formula is C15H12FNO3. The first kappa shape index (κ1) is 13.7. The fourth-order valence-electron chi connectivity index (χ4n) is 1.55. The maximum atomic E-state index is 12.6. The summed E-state index contributed by atoms with van der Waals surface area (Å²) in [5.74, 6) is -2.28. The first-order chi connectivity index (χ1) is 9.56. The fraction of sp³-hybridized carbons (Fsp3) is 0.0667. The first-order valence-corrected chi connectivity index (χ1v) is 5.92. The molecule has 1 aromatic rings. The Labute approximate surface area is 114 Å². The number of carboxylic acids is 1. The Hall–Kier alpha value is -2.69. The van der Waals surface area contributed by atoms with Crippen LogP contribution in [0.2, 0.25) is 0 Å². The second kappa shape index (κ2) is 5.97. The zero-order valence-corrected chi connectivity index (χ0v) is 10.5. The Morgan fingerprint density at radius 3 is 2.05 bits per heavy atom. The highest BCUT2D eigenvalue weighted by atomic mass is 19.1. The normalized spacial score (nSPS) is 10.1. The predicted octanol–water partition coefficient (Wildman–Crippen LogP) is 2.31. The minimum atomic E-state index is -1.14. The second-order valence-corrected chi connectivity index (χ2v) is 4.16. The molecule has 2 aliphatic carbocycles. The van der Waals surface area contributed by atoms with Crippen LogP contribution in [0, 0.1) is 5.82 Å². The van der Waals surface area contributed by atoms with Crippen molar-refractivity contribution >= 4 is 11.9 Å². The highest BCUT2D eigenvalue weighted by Gasteiger charge is 2.07. The molecule has 4 nitrogen and oxygen atoms in total. The summed E-state index contributed by atoms with van der Waals surface area (Å²) in [5.41, 5.74) is 2.95. The van der Waals surface area contributed by atoms with E-state index in [9.17, 15) is 14.0 Å². The van der Waals surface area contributed by atoms with Crippen molar-refractivity contribution in [1.29, 1.82) is 0 Å². The molecular weight excluding hydrogens is 261 g/mol. The van der Waals surface area contributed by atoms with Gasteiger partial charge in [0.05, 0.1) is 0 Å². The van der Waals surface area contributed by atoms with Crippen LogP contribution in [0.25, 0.3) is 11.1 Å². The number of hydrogen-bond acceptors (Lipinski definition) is 2. The molecule has 0 spiro atoms. The molecule has 0 heterocycles. The monoisotopic (exact) mass is 273 g/mol. The molecule has 0 bridgehead atoms. The molecule has 5 heteroatoms. The zero-order valence-electron chi connectivity index (χ0n) is 10.5. The van der Waals surface area contributed by atoms with Gasteiger partial charge in [0.1, 0.15) is 12.4 Å². The van der Waals surface area contributed by atoms with Crippen molar-refractivity contribution in [3.8, 4) is 11.1 Å². The van der Waals surface area contributed by atoms with E-state index in [4.69, 9.17) is 5.11 Å². The fourth-order valence-corrected chi connectivity index (χ4v) is 1.55. The lowest BCUT2D eigenvalue weighted by atomic mass is 9.95. The first-order valence-electron chi connectivity index (χ1n) is 5.92. The molecule has 0 unspecified atom stereocenters. The van der Waals surface area contributed by atoms with E-state index >= 15 is 0 Å². The summed E-state index contributed by atoms with van der Waals surface area (Å²) in [4.78, 5) is 21.3. The Balaban J connectivity index is 0.000000198. The van der Waals surface area contributed by atoms with Gasteiger partial charge in [-0.2, -0.15) is 0 Å². The van der Waals surface area contributed by atoms with Crippen LogP contribution in [0.15, 0.2) is 48.5 Å². The van der Waals surface area contributed by atoms with E-state index in [0.29, 0.717) is 0 Å².